The molecule has 4 atom stereocenters. The van der Waals surface area contributed by atoms with E-state index in [0.717, 1.165) is 34.5 Å². The number of fused-ring (bicyclic) bond motifs is 3. The van der Waals surface area contributed by atoms with Crippen LogP contribution in [0.2, 0.25) is 0 Å². The van der Waals surface area contributed by atoms with Gasteiger partial charge in [0, 0.05) is 47.4 Å². The van der Waals surface area contributed by atoms with Crippen LogP contribution in [-0.4, -0.2) is 82.7 Å². The molecule has 10 nitrogen and oxygen atoms in total. The first kappa shape index (κ1) is 26.3. The largest absolute Gasteiger partial charge is 0.497 e. The standard InChI is InChI=1S/C27H31BrN4O6/c1-31-10-6-4-3-5-7-16-13-27(16,25(34)35)30-23(33)22-12-18(15-32(22)26(31)36)38-24-19-9-8-17(37-2)11-20(19)21(28)14-29-24/h5,7-9,11,14,16,18,22H,3-4,6,10,12-13,15H2,1-2H3,(H,30,33)(H,34,35)/b7-5-/t16-,18-,22+,27-/m1/s1. The average Bonchev–Trinajstić information content (AvgIpc) is 3.44. The molecule has 2 fully saturated rings. The first-order chi connectivity index (χ1) is 18.2. The second-order valence-electron chi connectivity index (χ2n) is 10.2. The second kappa shape index (κ2) is 10.4. The molecule has 3 aliphatic rings. The fourth-order valence-corrected chi connectivity index (χ4v) is 5.77. The summed E-state index contributed by atoms with van der Waals surface area (Å²) < 4.78 is 12.4. The third-order valence-electron chi connectivity index (χ3n) is 7.65. The van der Waals surface area contributed by atoms with Crippen LogP contribution in [0.5, 0.6) is 11.6 Å². The number of carboxylic acid groups (broad SMARTS) is 1. The van der Waals surface area contributed by atoms with Crippen LogP contribution < -0.4 is 14.8 Å². The molecule has 2 aromatic rings. The van der Waals surface area contributed by atoms with Crippen molar-refractivity contribution in [3.8, 4) is 11.6 Å². The number of aromatic nitrogens is 1. The number of hydrogen-bond donors (Lipinski definition) is 2. The summed E-state index contributed by atoms with van der Waals surface area (Å²) in [5.41, 5.74) is -1.33. The van der Waals surface area contributed by atoms with Gasteiger partial charge in [0.15, 0.2) is 0 Å². The van der Waals surface area contributed by atoms with Crippen molar-refractivity contribution in [3.05, 3.63) is 41.0 Å². The van der Waals surface area contributed by atoms with Crippen LogP contribution in [0.15, 0.2) is 41.0 Å². The summed E-state index contributed by atoms with van der Waals surface area (Å²) in [4.78, 5) is 46.6. The molecule has 3 amide bonds. The van der Waals surface area contributed by atoms with E-state index in [4.69, 9.17) is 9.47 Å². The van der Waals surface area contributed by atoms with Gasteiger partial charge in [-0.05, 0) is 59.8 Å². The van der Waals surface area contributed by atoms with Crippen molar-refractivity contribution in [1.82, 2.24) is 20.1 Å². The van der Waals surface area contributed by atoms with Crippen LogP contribution in [0, 0.1) is 5.92 Å². The van der Waals surface area contributed by atoms with Crippen LogP contribution in [0.25, 0.3) is 10.8 Å². The average molecular weight is 587 g/mol. The summed E-state index contributed by atoms with van der Waals surface area (Å²) in [6.07, 6.45) is 8.06. The molecule has 1 aliphatic carbocycles. The number of amides is 3. The fourth-order valence-electron chi connectivity index (χ4n) is 5.34. The van der Waals surface area contributed by atoms with Gasteiger partial charge in [-0.15, -0.1) is 0 Å². The second-order valence-corrected chi connectivity index (χ2v) is 11.0. The highest BCUT2D eigenvalue weighted by atomic mass is 79.9. The van der Waals surface area contributed by atoms with Crippen molar-refractivity contribution in [2.75, 3.05) is 27.2 Å². The van der Waals surface area contributed by atoms with E-state index in [1.807, 2.05) is 30.4 Å². The topological polar surface area (TPSA) is 121 Å². The van der Waals surface area contributed by atoms with Crippen LogP contribution >= 0.6 is 15.9 Å². The highest BCUT2D eigenvalue weighted by molar-refractivity contribution is 9.10. The number of hydrogen-bond acceptors (Lipinski definition) is 6. The molecule has 0 bridgehead atoms. The molecule has 202 valence electrons. The van der Waals surface area contributed by atoms with Crippen LogP contribution in [0.1, 0.15) is 32.1 Å². The van der Waals surface area contributed by atoms with Gasteiger partial charge in [0.05, 0.1) is 13.7 Å². The fraction of sp³-hybridized carbons (Fsp3) is 0.481. The summed E-state index contributed by atoms with van der Waals surface area (Å²) >= 11 is 3.52. The van der Waals surface area contributed by atoms with Crippen molar-refractivity contribution in [1.29, 1.82) is 0 Å². The van der Waals surface area contributed by atoms with E-state index in [1.54, 1.807) is 25.3 Å². The summed E-state index contributed by atoms with van der Waals surface area (Å²) in [6, 6.07) is 4.41. The molecule has 0 unspecified atom stereocenters. The highest BCUT2D eigenvalue weighted by Gasteiger charge is 2.61. The molecular formula is C27H31BrN4O6. The maximum Gasteiger partial charge on any atom is 0.330 e. The minimum absolute atomic E-state index is 0.181. The lowest BCUT2D eigenvalue weighted by Gasteiger charge is -2.29. The van der Waals surface area contributed by atoms with Gasteiger partial charge in [-0.1, -0.05) is 12.2 Å². The number of aliphatic carboxylic acids is 1. The lowest BCUT2D eigenvalue weighted by molar-refractivity contribution is -0.144. The number of benzene rings is 1. The van der Waals surface area contributed by atoms with Gasteiger partial charge >= 0.3 is 12.0 Å². The molecule has 1 saturated heterocycles. The third-order valence-corrected chi connectivity index (χ3v) is 8.28. The number of rotatable bonds is 4. The first-order valence-electron chi connectivity index (χ1n) is 12.8. The molecule has 0 spiro atoms. The van der Waals surface area contributed by atoms with E-state index in [-0.39, 0.29) is 24.9 Å². The predicted octanol–water partition coefficient (Wildman–Crippen LogP) is 3.58. The number of halogens is 1. The van der Waals surface area contributed by atoms with Gasteiger partial charge in [-0.3, -0.25) is 4.79 Å². The Balaban J connectivity index is 1.42. The summed E-state index contributed by atoms with van der Waals surface area (Å²) in [5, 5.41) is 14.3. The monoisotopic (exact) mass is 586 g/mol. The van der Waals surface area contributed by atoms with Gasteiger partial charge in [0.25, 0.3) is 0 Å². The highest BCUT2D eigenvalue weighted by Crippen LogP contribution is 2.45. The Morgan fingerprint density at radius 3 is 2.84 bits per heavy atom. The van der Waals surface area contributed by atoms with E-state index in [2.05, 4.69) is 26.2 Å². The Labute approximate surface area is 229 Å². The van der Waals surface area contributed by atoms with Crippen LogP contribution in [-0.2, 0) is 9.59 Å². The van der Waals surface area contributed by atoms with E-state index < -0.39 is 29.6 Å². The van der Waals surface area contributed by atoms with Gasteiger partial charge in [0.2, 0.25) is 11.8 Å². The van der Waals surface area contributed by atoms with Crippen LogP contribution in [0.4, 0.5) is 4.79 Å². The maximum absolute atomic E-state index is 13.5. The van der Waals surface area contributed by atoms with E-state index in [1.165, 1.54) is 4.90 Å². The number of urea groups is 1. The summed E-state index contributed by atoms with van der Waals surface area (Å²) in [6.45, 7) is 0.742. The summed E-state index contributed by atoms with van der Waals surface area (Å²) in [7, 11) is 3.32. The number of methoxy groups -OCH3 is 1. The number of nitrogens with zero attached hydrogens (tertiary/aromatic N) is 3. The van der Waals surface area contributed by atoms with Gasteiger partial charge in [-0.2, -0.15) is 0 Å². The smallest absolute Gasteiger partial charge is 0.330 e. The molecule has 11 heteroatoms. The molecule has 1 saturated carbocycles. The van der Waals surface area contributed by atoms with Crippen molar-refractivity contribution < 1.29 is 29.0 Å². The molecule has 1 aromatic carbocycles. The molecule has 38 heavy (non-hydrogen) atoms. The Bertz CT molecular complexity index is 1300. The minimum Gasteiger partial charge on any atom is -0.497 e. The quantitative estimate of drug-likeness (QED) is 0.525. The van der Waals surface area contributed by atoms with Crippen LogP contribution in [0.3, 0.4) is 0 Å². The number of allylic oxidation sites excluding steroid dienone is 1. The van der Waals surface area contributed by atoms with Crippen molar-refractivity contribution >= 4 is 44.6 Å². The molecule has 3 heterocycles. The molecule has 1 aromatic heterocycles. The maximum atomic E-state index is 13.5. The van der Waals surface area contributed by atoms with Crippen molar-refractivity contribution in [2.45, 2.75) is 49.8 Å². The molecule has 2 aliphatic heterocycles. The molecule has 0 radical (unpaired) electrons. The van der Waals surface area contributed by atoms with Crippen molar-refractivity contribution in [3.63, 3.8) is 0 Å². The van der Waals surface area contributed by atoms with Gasteiger partial charge < -0.3 is 29.7 Å². The predicted molar refractivity (Wildman–Crippen MR) is 143 cm³/mol. The molecule has 2 N–H and O–H groups in total. The number of ether oxygens (including phenoxy) is 2. The van der Waals surface area contributed by atoms with Crippen molar-refractivity contribution in [2.24, 2.45) is 5.92 Å². The first-order valence-corrected chi connectivity index (χ1v) is 13.6. The number of pyridine rings is 1. The van der Waals surface area contributed by atoms with E-state index in [9.17, 15) is 19.5 Å². The zero-order valence-corrected chi connectivity index (χ0v) is 22.9. The number of carbonyl (C=O) groups excluding carboxylic acids is 2. The Morgan fingerprint density at radius 2 is 2.08 bits per heavy atom. The SMILES string of the molecule is COc1ccc2c(O[C@@H]3C[C@H]4C(=O)N[C@]5(C(=O)O)C[C@H]5/C=C\CCCCN(C)C(=O)N4C3)ncc(Br)c2c1. The number of carboxylic acids is 1. The number of nitrogens with one attached hydrogen (secondary N) is 1. The normalized spacial score (nSPS) is 28.7. The van der Waals surface area contributed by atoms with E-state index in [0.29, 0.717) is 24.6 Å². The molecular weight excluding hydrogens is 556 g/mol. The van der Waals surface area contributed by atoms with Gasteiger partial charge in [0.1, 0.15) is 23.4 Å². The van der Waals surface area contributed by atoms with Gasteiger partial charge in [-0.25, -0.2) is 14.6 Å². The summed E-state index contributed by atoms with van der Waals surface area (Å²) in [5.74, 6) is -0.723. The zero-order chi connectivity index (χ0) is 27.0. The Morgan fingerprint density at radius 1 is 1.26 bits per heavy atom. The lowest BCUT2D eigenvalue weighted by Crippen LogP contribution is -2.54. The Kier molecular flexibility index (Phi) is 7.21. The third kappa shape index (κ3) is 4.91. The Hall–Kier alpha value is -3.34. The minimum atomic E-state index is -1.33. The number of carbonyl (C=O) groups is 3. The molecule has 5 rings (SSSR count). The van der Waals surface area contributed by atoms with E-state index >= 15 is 0 Å². The zero-order valence-electron chi connectivity index (χ0n) is 21.4. The lowest BCUT2D eigenvalue weighted by atomic mass is 10.1.